The van der Waals surface area contributed by atoms with Gasteiger partial charge < -0.3 is 15.3 Å². The molecule has 0 atom stereocenters. The number of aromatic carboxylic acids is 1. The summed E-state index contributed by atoms with van der Waals surface area (Å²) in [7, 11) is 0.524. The van der Waals surface area contributed by atoms with E-state index in [2.05, 4.69) is 31.1 Å². The average Bonchev–Trinajstić information content (AvgIpc) is 3.60. The van der Waals surface area contributed by atoms with E-state index >= 15 is 0 Å². The van der Waals surface area contributed by atoms with Crippen LogP contribution in [0.4, 0.5) is 21.3 Å². The molecule has 2 amide bonds. The number of tetrazole rings is 1. The molecule has 16 heteroatoms. The maximum absolute atomic E-state index is 13.2. The highest BCUT2D eigenvalue weighted by Crippen LogP contribution is 2.34. The van der Waals surface area contributed by atoms with Gasteiger partial charge in [-0.15, -0.1) is 0 Å². The third-order valence-electron chi connectivity index (χ3n) is 5.84. The molecule has 1 aromatic carbocycles. The number of amides is 2. The van der Waals surface area contributed by atoms with Crippen molar-refractivity contribution in [2.45, 2.75) is 35.0 Å². The Kier molecular flexibility index (Phi) is 7.22. The third-order valence-corrected chi connectivity index (χ3v) is 9.03. The van der Waals surface area contributed by atoms with E-state index in [9.17, 15) is 27.9 Å². The largest absolute Gasteiger partial charge is 0.476 e. The minimum atomic E-state index is -4.44. The van der Waals surface area contributed by atoms with Gasteiger partial charge >= 0.3 is 12.0 Å². The van der Waals surface area contributed by atoms with E-state index in [0.29, 0.717) is 16.9 Å². The Morgan fingerprint density at radius 2 is 1.86 bits per heavy atom. The molecule has 0 unspecified atom stereocenters. The molecule has 0 radical (unpaired) electrons. The molecule has 2 aromatic heterocycles. The molecule has 0 spiro atoms. The Morgan fingerprint density at radius 3 is 2.46 bits per heavy atom. The lowest BCUT2D eigenvalue weighted by atomic mass is 9.94. The van der Waals surface area contributed by atoms with Gasteiger partial charge in [-0.05, 0) is 41.5 Å². The number of carbonyl (C=O) groups excluding carboxylic acids is 2. The lowest BCUT2D eigenvalue weighted by Crippen LogP contribution is -2.22. The molecule has 37 heavy (non-hydrogen) atoms. The van der Waals surface area contributed by atoms with Gasteiger partial charge in [0.05, 0.1) is 5.69 Å². The van der Waals surface area contributed by atoms with Crippen LogP contribution in [0.25, 0.3) is 0 Å². The second kappa shape index (κ2) is 10.2. The summed E-state index contributed by atoms with van der Waals surface area (Å²) >= 11 is 0.444. The molecular weight excluding hydrogens is 524 g/mol. The van der Waals surface area contributed by atoms with E-state index in [1.54, 1.807) is 18.2 Å². The van der Waals surface area contributed by atoms with Gasteiger partial charge in [0.15, 0.2) is 20.8 Å². The number of carboxylic acids is 1. The molecule has 3 aromatic rings. The molecule has 14 nitrogen and oxygen atoms in total. The summed E-state index contributed by atoms with van der Waals surface area (Å²) in [6.45, 7) is 0. The van der Waals surface area contributed by atoms with Crippen LogP contribution in [0.2, 0.25) is 0 Å². The van der Waals surface area contributed by atoms with Crippen LogP contribution >= 0.6 is 11.3 Å². The van der Waals surface area contributed by atoms with Crippen LogP contribution in [0, 0.1) is 5.92 Å². The first kappa shape index (κ1) is 26.2. The Balaban J connectivity index is 1.61. The summed E-state index contributed by atoms with van der Waals surface area (Å²) in [5.74, 6) is -1.80. The number of sulfone groups is 1. The fraction of sp³-hybridized carbons (Fsp3) is 0.381. The Labute approximate surface area is 215 Å². The van der Waals surface area contributed by atoms with Crippen molar-refractivity contribution >= 4 is 55.5 Å². The Morgan fingerprint density at radius 1 is 1.16 bits per heavy atom. The smallest absolute Gasteiger partial charge is 0.356 e. The van der Waals surface area contributed by atoms with Gasteiger partial charge in [0.25, 0.3) is 15.0 Å². The number of aromatic nitrogens is 5. The number of hydrogen-bond donors (Lipinski definition) is 3. The molecule has 4 rings (SSSR count). The molecule has 1 fully saturated rings. The number of anilines is 3. The quantitative estimate of drug-likeness (QED) is 0.350. The molecule has 0 saturated heterocycles. The maximum atomic E-state index is 13.2. The van der Waals surface area contributed by atoms with Crippen molar-refractivity contribution in [1.82, 2.24) is 25.2 Å². The summed E-state index contributed by atoms with van der Waals surface area (Å²) in [6, 6.07) is 4.24. The van der Waals surface area contributed by atoms with Crippen molar-refractivity contribution in [2.75, 3.05) is 29.6 Å². The van der Waals surface area contributed by atoms with E-state index in [4.69, 9.17) is 0 Å². The number of carboxylic acid groups (broad SMARTS) is 1. The van der Waals surface area contributed by atoms with Crippen LogP contribution in [0.3, 0.4) is 0 Å². The fourth-order valence-electron chi connectivity index (χ4n) is 3.99. The zero-order chi connectivity index (χ0) is 26.9. The third kappa shape index (κ3) is 5.29. The van der Waals surface area contributed by atoms with Crippen LogP contribution in [0.15, 0.2) is 27.6 Å². The number of ketones is 1. The highest BCUT2D eigenvalue weighted by atomic mass is 32.2. The number of benzene rings is 1. The monoisotopic (exact) mass is 548 g/mol. The van der Waals surface area contributed by atoms with E-state index in [-0.39, 0.29) is 22.5 Å². The second-order valence-electron chi connectivity index (χ2n) is 8.60. The number of rotatable bonds is 8. The van der Waals surface area contributed by atoms with Gasteiger partial charge in [-0.3, -0.25) is 10.1 Å². The Bertz CT molecular complexity index is 1470. The summed E-state index contributed by atoms with van der Waals surface area (Å²) in [5.41, 5.74) is 0.631. The topological polar surface area (TPSA) is 189 Å². The van der Waals surface area contributed by atoms with Gasteiger partial charge in [0.1, 0.15) is 0 Å². The van der Waals surface area contributed by atoms with Gasteiger partial charge in [0, 0.05) is 38.3 Å². The predicted molar refractivity (Wildman–Crippen MR) is 133 cm³/mol. The zero-order valence-electron chi connectivity index (χ0n) is 20.1. The summed E-state index contributed by atoms with van der Waals surface area (Å²) in [5, 5.41) is 23.8. The maximum Gasteiger partial charge on any atom is 0.356 e. The molecule has 1 aliphatic rings. The van der Waals surface area contributed by atoms with E-state index in [1.165, 1.54) is 7.05 Å². The molecule has 1 saturated carbocycles. The first-order valence-electron chi connectivity index (χ1n) is 11.1. The standard InChI is InChI=1S/C21H24N8O6S2/c1-28(2)12-8-9-14(13(10-12)16(30)11-6-4-5-7-11)22-19(33)24-20-23-15(17(31)32)18(36-20)37(34,35)21-25-26-27-29(21)3/h8-11H,4-7H2,1-3H3,(H,31,32)(H2,22,23,24,33). The van der Waals surface area contributed by atoms with E-state index in [0.717, 1.165) is 36.1 Å². The van der Waals surface area contributed by atoms with E-state index in [1.807, 2.05) is 19.0 Å². The van der Waals surface area contributed by atoms with Crippen LogP contribution < -0.4 is 15.5 Å². The normalized spacial score (nSPS) is 13.9. The van der Waals surface area contributed by atoms with Crippen molar-refractivity contribution < 1.29 is 27.9 Å². The van der Waals surface area contributed by atoms with Crippen molar-refractivity contribution in [3.05, 3.63) is 29.5 Å². The summed E-state index contributed by atoms with van der Waals surface area (Å²) < 4.78 is 26.1. The number of hydrogen-bond acceptors (Lipinski definition) is 11. The molecule has 2 heterocycles. The highest BCUT2D eigenvalue weighted by molar-refractivity contribution is 7.93. The zero-order valence-corrected chi connectivity index (χ0v) is 21.8. The average molecular weight is 549 g/mol. The fourth-order valence-corrected chi connectivity index (χ4v) is 6.66. The molecular formula is C21H24N8O6S2. The summed E-state index contributed by atoms with van der Waals surface area (Å²) in [4.78, 5) is 43.3. The lowest BCUT2D eigenvalue weighted by Gasteiger charge is -2.18. The lowest BCUT2D eigenvalue weighted by molar-refractivity contribution is 0.0687. The van der Waals surface area contributed by atoms with Crippen molar-refractivity contribution in [1.29, 1.82) is 0 Å². The molecule has 0 aliphatic heterocycles. The van der Waals surface area contributed by atoms with Crippen LogP contribution in [0.1, 0.15) is 46.5 Å². The van der Waals surface area contributed by atoms with E-state index < -0.39 is 36.9 Å². The van der Waals surface area contributed by atoms with Crippen molar-refractivity contribution in [3.63, 3.8) is 0 Å². The number of thiazole rings is 1. The highest BCUT2D eigenvalue weighted by Gasteiger charge is 2.34. The van der Waals surface area contributed by atoms with Crippen LogP contribution in [0.5, 0.6) is 0 Å². The van der Waals surface area contributed by atoms with Gasteiger partial charge in [-0.25, -0.2) is 27.7 Å². The number of nitrogens with zero attached hydrogens (tertiary/aromatic N) is 6. The molecule has 1 aliphatic carbocycles. The number of carbonyl (C=O) groups is 3. The first-order valence-corrected chi connectivity index (χ1v) is 13.4. The number of nitrogens with one attached hydrogen (secondary N) is 2. The minimum Gasteiger partial charge on any atom is -0.476 e. The van der Waals surface area contributed by atoms with Crippen LogP contribution in [-0.2, 0) is 16.9 Å². The van der Waals surface area contributed by atoms with Crippen molar-refractivity contribution in [2.24, 2.45) is 13.0 Å². The minimum absolute atomic E-state index is 0.0652. The first-order chi connectivity index (χ1) is 17.5. The predicted octanol–water partition coefficient (Wildman–Crippen LogP) is 2.28. The number of urea groups is 1. The number of aryl methyl sites for hydroxylation is 1. The number of Topliss-reactive ketones (excluding diaryl/α,β-unsaturated/α-hetero) is 1. The summed E-state index contributed by atoms with van der Waals surface area (Å²) in [6.07, 6.45) is 3.51. The molecule has 3 N–H and O–H groups in total. The van der Waals surface area contributed by atoms with Gasteiger partial charge in [-0.1, -0.05) is 29.3 Å². The van der Waals surface area contributed by atoms with Crippen molar-refractivity contribution in [3.8, 4) is 0 Å². The second-order valence-corrected chi connectivity index (χ2v) is 11.6. The van der Waals surface area contributed by atoms with Gasteiger partial charge in [0.2, 0.25) is 0 Å². The SMILES string of the molecule is CN(C)c1ccc(NC(=O)Nc2nc(C(=O)O)c(S(=O)(=O)c3nnnn3C)s2)c(C(=O)C2CCCC2)c1. The Hall–Kier alpha value is -3.92. The molecule has 196 valence electrons. The van der Waals surface area contributed by atoms with Crippen LogP contribution in [-0.4, -0.2) is 70.6 Å². The molecule has 0 bridgehead atoms. The van der Waals surface area contributed by atoms with Gasteiger partial charge in [-0.2, -0.15) is 0 Å².